The van der Waals surface area contributed by atoms with Gasteiger partial charge in [-0.1, -0.05) is 135 Å². The van der Waals surface area contributed by atoms with Crippen LogP contribution in [0.15, 0.2) is 194 Å². The summed E-state index contributed by atoms with van der Waals surface area (Å²) in [6.07, 6.45) is 0.882. The minimum atomic E-state index is -0.537. The zero-order valence-corrected chi connectivity index (χ0v) is 63.4. The molecule has 4 heterocycles. The summed E-state index contributed by atoms with van der Waals surface area (Å²) in [4.78, 5) is 87.5. The van der Waals surface area contributed by atoms with Gasteiger partial charge in [0.15, 0.2) is 0 Å². The molecule has 8 aromatic rings. The van der Waals surface area contributed by atoms with Gasteiger partial charge in [-0.3, -0.25) is 29.4 Å². The largest absolute Gasteiger partial charge is 0.465 e. The number of carbonyl (C=O) groups is 7. The molecule has 0 unspecified atom stereocenters. The molecule has 0 aliphatic carbocycles. The molecule has 552 valence electrons. The van der Waals surface area contributed by atoms with Crippen molar-refractivity contribution in [1.82, 2.24) is 5.48 Å². The van der Waals surface area contributed by atoms with Gasteiger partial charge < -0.3 is 60.9 Å². The number of nitrogens with zero attached hydrogens (tertiary/aromatic N) is 4. The molecule has 25 heteroatoms. The Morgan fingerprint density at radius 3 is 1.39 bits per heavy atom. The number of hydrogen-bond acceptors (Lipinski definition) is 19. The molecule has 0 radical (unpaired) electrons. The number of nitrogens with two attached hydrogens (primary N) is 2. The van der Waals surface area contributed by atoms with E-state index in [9.17, 15) is 33.6 Å². The fourth-order valence-electron chi connectivity index (χ4n) is 10.4. The Hall–Kier alpha value is -10.6. The van der Waals surface area contributed by atoms with Crippen molar-refractivity contribution >= 4 is 125 Å². The smallest absolute Gasteiger partial charge is 0.414 e. The van der Waals surface area contributed by atoms with Crippen molar-refractivity contribution in [3.05, 3.63) is 233 Å². The van der Waals surface area contributed by atoms with E-state index in [4.69, 9.17) is 30.9 Å². The number of carbonyl (C=O) groups excluding carboxylic acids is 7. The van der Waals surface area contributed by atoms with Gasteiger partial charge in [0, 0.05) is 75.4 Å². The molecule has 104 heavy (non-hydrogen) atoms. The number of anilines is 9. The lowest BCUT2D eigenvalue weighted by Gasteiger charge is -2.38. The van der Waals surface area contributed by atoms with Crippen LogP contribution in [0.2, 0.25) is 0 Å². The summed E-state index contributed by atoms with van der Waals surface area (Å²) < 4.78 is 24.8. The Balaban J connectivity index is 0.000000200. The second-order valence-electron chi connectivity index (χ2n) is 25.4. The fraction of sp³-hybridized carbons (Fsp3) is 0.304. The summed E-state index contributed by atoms with van der Waals surface area (Å²) in [6.45, 7) is 19.4. The summed E-state index contributed by atoms with van der Waals surface area (Å²) in [5.41, 5.74) is 25.9. The van der Waals surface area contributed by atoms with E-state index in [1.54, 1.807) is 70.7 Å². The topological polar surface area (TPSA) is 299 Å². The molecule has 0 bridgehead atoms. The van der Waals surface area contributed by atoms with Crippen molar-refractivity contribution in [3.8, 4) is 0 Å². The highest BCUT2D eigenvalue weighted by Gasteiger charge is 2.31. The quantitative estimate of drug-likeness (QED) is 0.0167. The van der Waals surface area contributed by atoms with Crippen LogP contribution in [0.3, 0.4) is 0 Å². The average Bonchev–Trinajstić information content (AvgIpc) is 0.786. The molecule has 23 nitrogen and oxygen atoms in total. The van der Waals surface area contributed by atoms with Crippen LogP contribution in [0, 0.1) is 0 Å². The maximum atomic E-state index is 12.6. The first-order valence-electron chi connectivity index (χ1n) is 33.7. The molecule has 4 aliphatic heterocycles. The average molecular weight is 1550 g/mol. The lowest BCUT2D eigenvalue weighted by atomic mass is 10.0. The minimum absolute atomic E-state index is 0.128. The second kappa shape index (κ2) is 41.5. The van der Waals surface area contributed by atoms with E-state index in [1.165, 1.54) is 25.5 Å². The summed E-state index contributed by atoms with van der Waals surface area (Å²) in [7, 11) is 2.75. The van der Waals surface area contributed by atoms with E-state index in [0.717, 1.165) is 88.7 Å². The molecule has 0 aromatic heterocycles. The van der Waals surface area contributed by atoms with Gasteiger partial charge >= 0.3 is 30.1 Å². The van der Waals surface area contributed by atoms with Crippen LogP contribution in [0.1, 0.15) is 108 Å². The standard InChI is InChI=1S/C22H26N2O4.C16H17N3O2.C13H18N2O2.C9H9BrO2.C9H9NO.C6H8N2.C4H7BrO2/c1-22(2,3)28-21(26)24-14-13-23(18-7-5-6-8-19(18)24)15-16-9-11-17(12-10-16)20(25)27-4;20-16(18-21)13-7-5-12(6-8-13)11-19-10-9-17-14-3-1-2-4-15(14)19;1-13(2,3)17-12(16)15-9-8-14-10-6-4-5-7-11(10)15;1-12-9(11)8-4-2-7(6-10)3-5-8;11-9-6-5-7-3-1-2-4-8(7)10-9;7-5-3-1-2-4-6(5)8;1-2-7-4(6)3-5/h5-12H,13-15H2,1-4H3;1-8,17,21H,9-11H2,(H,18,20);4-7,14H,8-9H2,1-3H3;2-5H,6H2,1H3;1-4H,5-6H2,(H,10,11);1-4H,7-8H2;2-3H2,1H3. The fourth-order valence-corrected chi connectivity index (χ4v) is 10.9. The zero-order valence-electron chi connectivity index (χ0n) is 60.2. The first-order valence-corrected chi connectivity index (χ1v) is 35.9. The number of nitrogens with one attached hydrogen (secondary N) is 4. The molecule has 8 aromatic carbocycles. The number of rotatable bonds is 10. The number of para-hydroxylation sites is 9. The molecule has 12 rings (SSSR count). The van der Waals surface area contributed by atoms with Crippen LogP contribution in [-0.2, 0) is 58.1 Å². The molecule has 4 aliphatic rings. The maximum Gasteiger partial charge on any atom is 0.414 e. The van der Waals surface area contributed by atoms with Gasteiger partial charge in [-0.05, 0) is 168 Å². The summed E-state index contributed by atoms with van der Waals surface area (Å²) in [5, 5.41) is 19.2. The lowest BCUT2D eigenvalue weighted by Crippen LogP contribution is -2.45. The highest BCUT2D eigenvalue weighted by Crippen LogP contribution is 2.36. The number of esters is 3. The van der Waals surface area contributed by atoms with Gasteiger partial charge in [0.1, 0.15) is 16.5 Å². The van der Waals surface area contributed by atoms with Crippen molar-refractivity contribution in [3.63, 3.8) is 0 Å². The van der Waals surface area contributed by atoms with E-state index in [0.29, 0.717) is 72.6 Å². The number of hydrogen-bond donors (Lipinski definition) is 7. The van der Waals surface area contributed by atoms with Gasteiger partial charge in [-0.2, -0.15) is 0 Å². The Labute approximate surface area is 625 Å². The highest BCUT2D eigenvalue weighted by atomic mass is 79.9. The monoisotopic (exact) mass is 1550 g/mol. The minimum Gasteiger partial charge on any atom is -0.465 e. The Kier molecular flexibility index (Phi) is 32.8. The van der Waals surface area contributed by atoms with Gasteiger partial charge in [0.25, 0.3) is 5.91 Å². The summed E-state index contributed by atoms with van der Waals surface area (Å²) in [5.74, 6) is -1.21. The maximum absolute atomic E-state index is 12.6. The van der Waals surface area contributed by atoms with Crippen molar-refractivity contribution in [2.45, 2.75) is 90.9 Å². The predicted molar refractivity (Wildman–Crippen MR) is 419 cm³/mol. The highest BCUT2D eigenvalue weighted by molar-refractivity contribution is 9.09. The zero-order chi connectivity index (χ0) is 75.8. The van der Waals surface area contributed by atoms with Crippen molar-refractivity contribution in [2.24, 2.45) is 0 Å². The van der Waals surface area contributed by atoms with Crippen LogP contribution in [0.5, 0.6) is 0 Å². The molecular weight excluding hydrogens is 1460 g/mol. The van der Waals surface area contributed by atoms with Crippen LogP contribution in [-0.4, -0.2) is 124 Å². The SMILES string of the molecule is CC(C)(C)OC(=O)N1CCNc2ccccc21.CCOC(=O)CBr.COC(=O)c1ccc(CBr)cc1.COC(=O)c1ccc(CN2CCN(C(=O)OC(C)(C)C)c3ccccc32)cc1.Nc1ccccc1N.O=C(NO)c1ccc(CN2CCNc3ccccc32)cc1.O=C1CCc2ccccc2N1. The molecule has 9 N–H and O–H groups in total. The third-order valence-electron chi connectivity index (χ3n) is 15.4. The number of hydroxylamine groups is 1. The van der Waals surface area contributed by atoms with E-state index in [-0.39, 0.29) is 36.0 Å². The van der Waals surface area contributed by atoms with Crippen LogP contribution in [0.4, 0.5) is 60.8 Å². The van der Waals surface area contributed by atoms with Gasteiger partial charge in [0.2, 0.25) is 5.91 Å². The summed E-state index contributed by atoms with van der Waals surface area (Å²) in [6, 6.07) is 60.9. The van der Waals surface area contributed by atoms with Gasteiger partial charge in [-0.15, -0.1) is 0 Å². The number of fused-ring (bicyclic) bond motifs is 4. The number of aryl methyl sites for hydroxylation is 1. The normalized spacial score (nSPS) is 12.8. The van der Waals surface area contributed by atoms with Crippen molar-refractivity contribution < 1.29 is 62.5 Å². The molecular formula is C79H94Br2N10O13. The molecule has 0 spiro atoms. The Morgan fingerprint density at radius 2 is 0.923 bits per heavy atom. The van der Waals surface area contributed by atoms with Crippen molar-refractivity contribution in [1.29, 1.82) is 0 Å². The number of nitrogen functional groups attached to an aromatic ring is 2. The van der Waals surface area contributed by atoms with Gasteiger partial charge in [-0.25, -0.2) is 24.7 Å². The molecule has 0 saturated heterocycles. The van der Waals surface area contributed by atoms with Gasteiger partial charge in [0.05, 0.1) is 77.5 Å². The number of alkyl halides is 2. The number of halogens is 2. The van der Waals surface area contributed by atoms with Crippen LogP contribution in [0.25, 0.3) is 0 Å². The number of ether oxygens (including phenoxy) is 5. The predicted octanol–water partition coefficient (Wildman–Crippen LogP) is 15.1. The molecule has 0 atom stereocenters. The van der Waals surface area contributed by atoms with E-state index in [2.05, 4.69) is 85.3 Å². The summed E-state index contributed by atoms with van der Waals surface area (Å²) >= 11 is 6.26. The van der Waals surface area contributed by atoms with Crippen LogP contribution >= 0.6 is 31.9 Å². The molecule has 4 amide bonds. The number of methoxy groups -OCH3 is 2. The van der Waals surface area contributed by atoms with Crippen LogP contribution < -0.4 is 52.5 Å². The van der Waals surface area contributed by atoms with E-state index >= 15 is 0 Å². The lowest BCUT2D eigenvalue weighted by molar-refractivity contribution is -0.139. The van der Waals surface area contributed by atoms with E-state index in [1.807, 2.05) is 169 Å². The first kappa shape index (κ1) is 82.3. The molecule has 0 saturated carbocycles. The third kappa shape index (κ3) is 26.6. The molecule has 0 fully saturated rings. The third-order valence-corrected chi connectivity index (χ3v) is 16.5. The number of benzene rings is 8. The Morgan fingerprint density at radius 1 is 0.500 bits per heavy atom. The Bertz CT molecular complexity index is 4080. The number of amides is 4. The second-order valence-corrected chi connectivity index (χ2v) is 26.5. The van der Waals surface area contributed by atoms with E-state index < -0.39 is 17.1 Å². The first-order chi connectivity index (χ1) is 49.8. The van der Waals surface area contributed by atoms with Crippen molar-refractivity contribution in [2.75, 3.05) is 112 Å².